The Bertz CT molecular complexity index is 384. The molecule has 0 N–H and O–H groups in total. The van der Waals surface area contributed by atoms with Gasteiger partial charge in [0, 0.05) is 5.56 Å². The first-order valence-electron chi connectivity index (χ1n) is 4.95. The number of carbonyl (C=O) groups excluding carboxylic acids is 1. The van der Waals surface area contributed by atoms with Crippen LogP contribution in [0.4, 0.5) is 0 Å². The van der Waals surface area contributed by atoms with Crippen LogP contribution in [0.2, 0.25) is 0 Å². The molecule has 40 valence electrons. The zero-order valence-electron chi connectivity index (χ0n) is 9.91. The van der Waals surface area contributed by atoms with Crippen molar-refractivity contribution >= 4 is 6.26 Å². The SMILES string of the molecule is [2H]C(=O)c1c([2H])c([2H])c([2H])c([2H])c1[2H]. The lowest BCUT2D eigenvalue weighted by molar-refractivity contribution is 0.112. The molecule has 0 bridgehead atoms. The summed E-state index contributed by atoms with van der Waals surface area (Å²) in [6.07, 6.45) is -1.28. The van der Waals surface area contributed by atoms with Gasteiger partial charge in [-0.3, -0.25) is 4.79 Å². The van der Waals surface area contributed by atoms with Gasteiger partial charge in [-0.25, -0.2) is 0 Å². The Hall–Kier alpha value is -1.11. The molecule has 0 aliphatic carbocycles. The maximum absolute atomic E-state index is 10.7. The lowest BCUT2D eigenvalue weighted by Crippen LogP contribution is -1.73. The van der Waals surface area contributed by atoms with Crippen LogP contribution in [0.3, 0.4) is 0 Å². The van der Waals surface area contributed by atoms with Crippen LogP contribution < -0.4 is 0 Å². The highest BCUT2D eigenvalue weighted by atomic mass is 16.1. The molecule has 0 aliphatic rings. The molecule has 1 nitrogen and oxygen atoms in total. The predicted molar refractivity (Wildman–Crippen MR) is 31.8 cm³/mol. The molecule has 0 aromatic heterocycles. The predicted octanol–water partition coefficient (Wildman–Crippen LogP) is 1.50. The van der Waals surface area contributed by atoms with Gasteiger partial charge in [0.1, 0.15) is 7.63 Å². The van der Waals surface area contributed by atoms with Gasteiger partial charge in [0.15, 0.2) is 0 Å². The van der Waals surface area contributed by atoms with Gasteiger partial charge >= 0.3 is 0 Å². The van der Waals surface area contributed by atoms with Crippen molar-refractivity contribution in [1.82, 2.24) is 0 Å². The molecule has 1 aromatic rings. The van der Waals surface area contributed by atoms with Crippen LogP contribution in [0, 0.1) is 0 Å². The summed E-state index contributed by atoms with van der Waals surface area (Å²) >= 11 is 0. The van der Waals surface area contributed by atoms with E-state index in [4.69, 9.17) is 8.22 Å². The fourth-order valence-corrected chi connectivity index (χ4v) is 0.301. The van der Waals surface area contributed by atoms with Crippen molar-refractivity contribution < 1.29 is 13.0 Å². The fourth-order valence-electron chi connectivity index (χ4n) is 0.301. The van der Waals surface area contributed by atoms with Gasteiger partial charge in [0.05, 0.1) is 6.85 Å². The van der Waals surface area contributed by atoms with Crippen LogP contribution in [0.5, 0.6) is 0 Å². The van der Waals surface area contributed by atoms with Crippen molar-refractivity contribution in [3.8, 4) is 0 Å². The van der Waals surface area contributed by atoms with Crippen LogP contribution in [0.25, 0.3) is 0 Å². The molecule has 0 unspecified atom stereocenters. The standard InChI is InChI=1S/C7H6O/c8-6-7-4-2-1-3-5-7/h1-6H/i1D,2D,3D,4D,5D,6D. The molecular formula is C7H6O. The number of hydrogen-bond donors (Lipinski definition) is 0. The van der Waals surface area contributed by atoms with Gasteiger partial charge in [-0.05, 0) is 0 Å². The third-order valence-corrected chi connectivity index (χ3v) is 0.602. The minimum absolute atomic E-state index is 0.565. The second-order valence-electron chi connectivity index (χ2n) is 1.10. The van der Waals surface area contributed by atoms with E-state index in [1.807, 2.05) is 0 Å². The van der Waals surface area contributed by atoms with E-state index in [-0.39, 0.29) is 0 Å². The van der Waals surface area contributed by atoms with Gasteiger partial charge in [-0.2, -0.15) is 0 Å². The highest BCUT2D eigenvalue weighted by molar-refractivity contribution is 5.74. The second-order valence-corrected chi connectivity index (χ2v) is 1.10. The summed E-state index contributed by atoms with van der Waals surface area (Å²) < 4.78 is 42.8. The number of benzene rings is 1. The zero-order chi connectivity index (χ0) is 11.0. The topological polar surface area (TPSA) is 17.1 Å². The largest absolute Gasteiger partial charge is 0.298 e. The molecular weight excluding hydrogens is 100 g/mol. The van der Waals surface area contributed by atoms with Crippen molar-refractivity contribution in [1.29, 1.82) is 0 Å². The zero-order valence-corrected chi connectivity index (χ0v) is 3.91. The number of aldehydes is 1. The molecule has 0 amide bonds. The van der Waals surface area contributed by atoms with Gasteiger partial charge < -0.3 is 0 Å². The first-order chi connectivity index (χ1) is 6.37. The minimum Gasteiger partial charge on any atom is -0.298 e. The Morgan fingerprint density at radius 3 is 2.62 bits per heavy atom. The molecule has 8 heavy (non-hydrogen) atoms. The minimum atomic E-state index is -1.28. The van der Waals surface area contributed by atoms with E-state index in [1.54, 1.807) is 0 Å². The Morgan fingerprint density at radius 1 is 1.50 bits per heavy atom. The average molecular weight is 112 g/mol. The lowest BCUT2D eigenvalue weighted by Gasteiger charge is -1.81. The van der Waals surface area contributed by atoms with E-state index in [2.05, 4.69) is 0 Å². The van der Waals surface area contributed by atoms with Crippen molar-refractivity contribution in [2.75, 3.05) is 0 Å². The van der Waals surface area contributed by atoms with E-state index < -0.39 is 42.0 Å². The first-order valence-corrected chi connectivity index (χ1v) is 1.95. The maximum Gasteiger partial charge on any atom is 0.150 e. The van der Waals surface area contributed by atoms with Gasteiger partial charge in [-0.15, -0.1) is 0 Å². The van der Waals surface area contributed by atoms with Crippen LogP contribution in [-0.2, 0) is 0 Å². The molecule has 0 radical (unpaired) electrons. The molecule has 0 atom stereocenters. The summed E-state index contributed by atoms with van der Waals surface area (Å²) in [5.41, 5.74) is -0.587. The molecule has 0 spiro atoms. The molecule has 0 aliphatic heterocycles. The molecule has 0 saturated heterocycles. The van der Waals surface area contributed by atoms with Crippen molar-refractivity contribution in [3.63, 3.8) is 0 Å². The molecule has 1 rings (SSSR count). The summed E-state index contributed by atoms with van der Waals surface area (Å²) in [7, 11) is 0. The molecule has 0 saturated carbocycles. The second kappa shape index (κ2) is 2.26. The molecule has 0 fully saturated rings. The third-order valence-electron chi connectivity index (χ3n) is 0.602. The van der Waals surface area contributed by atoms with Crippen LogP contribution >= 0.6 is 0 Å². The summed E-state index contributed by atoms with van der Waals surface area (Å²) in [5.74, 6) is 0. The summed E-state index contributed by atoms with van der Waals surface area (Å²) in [6, 6.07) is -3.01. The number of hydrogen-bond acceptors (Lipinski definition) is 1. The third kappa shape index (κ3) is 0.936. The molecule has 1 heteroatoms. The fraction of sp³-hybridized carbons (Fsp3) is 0. The van der Waals surface area contributed by atoms with E-state index in [0.29, 0.717) is 0 Å². The summed E-state index contributed by atoms with van der Waals surface area (Å²) in [6.45, 7) is 0. The highest BCUT2D eigenvalue weighted by Gasteiger charge is 1.79. The molecule has 0 heterocycles. The summed E-state index contributed by atoms with van der Waals surface area (Å²) in [4.78, 5) is 10.7. The number of rotatable bonds is 1. The van der Waals surface area contributed by atoms with Crippen LogP contribution in [0.15, 0.2) is 30.2 Å². The van der Waals surface area contributed by atoms with Gasteiger partial charge in [-0.1, -0.05) is 30.2 Å². The van der Waals surface area contributed by atoms with Gasteiger partial charge in [0.2, 0.25) is 0 Å². The van der Waals surface area contributed by atoms with E-state index in [1.165, 1.54) is 0 Å². The maximum atomic E-state index is 10.7. The smallest absolute Gasteiger partial charge is 0.150 e. The lowest BCUT2D eigenvalue weighted by atomic mass is 10.2. The Kier molecular flexibility index (Phi) is 0.407. The quantitative estimate of drug-likeness (QED) is 0.503. The van der Waals surface area contributed by atoms with Gasteiger partial charge in [0.25, 0.3) is 0 Å². The normalized spacial score (nSPS) is 19.0. The Labute approximate surface area is 56.4 Å². The van der Waals surface area contributed by atoms with E-state index in [9.17, 15) is 4.79 Å². The van der Waals surface area contributed by atoms with E-state index >= 15 is 0 Å². The van der Waals surface area contributed by atoms with Crippen LogP contribution in [0.1, 0.15) is 18.6 Å². The highest BCUT2D eigenvalue weighted by Crippen LogP contribution is 1.91. The summed E-state index contributed by atoms with van der Waals surface area (Å²) in [5, 5.41) is 0. The van der Waals surface area contributed by atoms with Crippen molar-refractivity contribution in [3.05, 3.63) is 35.8 Å². The monoisotopic (exact) mass is 112 g/mol. The average Bonchev–Trinajstić information content (AvgIpc) is 2.11. The Morgan fingerprint density at radius 2 is 2.12 bits per heavy atom. The van der Waals surface area contributed by atoms with Crippen LogP contribution in [-0.4, -0.2) is 6.26 Å². The van der Waals surface area contributed by atoms with Crippen molar-refractivity contribution in [2.45, 2.75) is 0 Å². The first kappa shape index (κ1) is 1.44. The molecule has 1 aromatic carbocycles. The number of carbonyl (C=O) groups is 1. The van der Waals surface area contributed by atoms with Crippen molar-refractivity contribution in [2.24, 2.45) is 0 Å². The Balaban J connectivity index is 3.68. The van der Waals surface area contributed by atoms with E-state index in [0.717, 1.165) is 0 Å².